The zero-order valence-corrected chi connectivity index (χ0v) is 10.9. The molecule has 1 aliphatic rings. The minimum atomic E-state index is 0.733. The SMILES string of the molecule is CCNc1cc(N(CC)C2CCCC2)ccn1. The first kappa shape index (κ1) is 12.2. The highest BCUT2D eigenvalue weighted by Gasteiger charge is 2.21. The van der Waals surface area contributed by atoms with E-state index in [2.05, 4.69) is 41.2 Å². The van der Waals surface area contributed by atoms with E-state index < -0.39 is 0 Å². The third kappa shape index (κ3) is 2.90. The van der Waals surface area contributed by atoms with Crippen molar-refractivity contribution < 1.29 is 0 Å². The summed E-state index contributed by atoms with van der Waals surface area (Å²) in [5.41, 5.74) is 1.31. The van der Waals surface area contributed by atoms with E-state index >= 15 is 0 Å². The number of nitrogens with one attached hydrogen (secondary N) is 1. The number of anilines is 2. The summed E-state index contributed by atoms with van der Waals surface area (Å²) in [5, 5.41) is 3.28. The number of nitrogens with zero attached hydrogens (tertiary/aromatic N) is 2. The molecule has 94 valence electrons. The standard InChI is InChI=1S/C14H23N3/c1-3-15-14-11-13(9-10-16-14)17(4-2)12-7-5-6-8-12/h9-12H,3-8H2,1-2H3,(H,15,16). The van der Waals surface area contributed by atoms with Crippen molar-refractivity contribution in [3.05, 3.63) is 18.3 Å². The van der Waals surface area contributed by atoms with Crippen LogP contribution in [0, 0.1) is 0 Å². The molecule has 0 aliphatic heterocycles. The van der Waals surface area contributed by atoms with Crippen LogP contribution >= 0.6 is 0 Å². The van der Waals surface area contributed by atoms with Gasteiger partial charge in [0, 0.05) is 37.1 Å². The molecule has 1 aliphatic carbocycles. The Morgan fingerprint density at radius 3 is 2.76 bits per heavy atom. The van der Waals surface area contributed by atoms with Crippen molar-refractivity contribution >= 4 is 11.5 Å². The van der Waals surface area contributed by atoms with Gasteiger partial charge in [-0.1, -0.05) is 12.8 Å². The summed E-state index contributed by atoms with van der Waals surface area (Å²) in [4.78, 5) is 6.86. The average molecular weight is 233 g/mol. The Hall–Kier alpha value is -1.25. The van der Waals surface area contributed by atoms with Crippen molar-refractivity contribution in [3.63, 3.8) is 0 Å². The van der Waals surface area contributed by atoms with Crippen LogP contribution in [0.25, 0.3) is 0 Å². The zero-order chi connectivity index (χ0) is 12.1. The van der Waals surface area contributed by atoms with Gasteiger partial charge in [0.15, 0.2) is 0 Å². The summed E-state index contributed by atoms with van der Waals surface area (Å²) in [7, 11) is 0. The number of hydrogen-bond acceptors (Lipinski definition) is 3. The van der Waals surface area contributed by atoms with E-state index in [-0.39, 0.29) is 0 Å². The fraction of sp³-hybridized carbons (Fsp3) is 0.643. The molecule has 3 heteroatoms. The van der Waals surface area contributed by atoms with Gasteiger partial charge in [0.05, 0.1) is 0 Å². The van der Waals surface area contributed by atoms with E-state index in [9.17, 15) is 0 Å². The number of hydrogen-bond donors (Lipinski definition) is 1. The minimum Gasteiger partial charge on any atom is -0.370 e. The Kier molecular flexibility index (Phi) is 4.24. The first-order valence-corrected chi connectivity index (χ1v) is 6.81. The van der Waals surface area contributed by atoms with Gasteiger partial charge in [0.1, 0.15) is 5.82 Å². The first-order valence-electron chi connectivity index (χ1n) is 6.81. The topological polar surface area (TPSA) is 28.2 Å². The molecule has 0 spiro atoms. The highest BCUT2D eigenvalue weighted by Crippen LogP contribution is 2.28. The van der Waals surface area contributed by atoms with Crippen molar-refractivity contribution in [3.8, 4) is 0 Å². The molecule has 3 nitrogen and oxygen atoms in total. The van der Waals surface area contributed by atoms with Crippen LogP contribution in [0.4, 0.5) is 11.5 Å². The fourth-order valence-corrected chi connectivity index (χ4v) is 2.74. The van der Waals surface area contributed by atoms with E-state index in [4.69, 9.17) is 0 Å². The second kappa shape index (κ2) is 5.89. The smallest absolute Gasteiger partial charge is 0.127 e. The number of pyridine rings is 1. The van der Waals surface area contributed by atoms with Gasteiger partial charge in [-0.2, -0.15) is 0 Å². The molecule has 2 rings (SSSR count). The molecular weight excluding hydrogens is 210 g/mol. The van der Waals surface area contributed by atoms with Gasteiger partial charge in [-0.25, -0.2) is 4.98 Å². The average Bonchev–Trinajstić information content (AvgIpc) is 2.85. The van der Waals surface area contributed by atoms with E-state index in [0.717, 1.165) is 24.9 Å². The summed E-state index contributed by atoms with van der Waals surface area (Å²) in [6, 6.07) is 5.03. The van der Waals surface area contributed by atoms with E-state index in [1.54, 1.807) is 0 Å². The largest absolute Gasteiger partial charge is 0.370 e. The van der Waals surface area contributed by atoms with Crippen LogP contribution in [0.15, 0.2) is 18.3 Å². The van der Waals surface area contributed by atoms with E-state index in [1.807, 2.05) is 6.20 Å². The predicted molar refractivity (Wildman–Crippen MR) is 73.7 cm³/mol. The number of rotatable bonds is 5. The summed E-state index contributed by atoms with van der Waals surface area (Å²) < 4.78 is 0. The molecular formula is C14H23N3. The summed E-state index contributed by atoms with van der Waals surface area (Å²) in [6.07, 6.45) is 7.35. The van der Waals surface area contributed by atoms with E-state index in [1.165, 1.54) is 31.4 Å². The van der Waals surface area contributed by atoms with Crippen LogP contribution in [-0.2, 0) is 0 Å². The fourth-order valence-electron chi connectivity index (χ4n) is 2.74. The Morgan fingerprint density at radius 1 is 1.35 bits per heavy atom. The maximum Gasteiger partial charge on any atom is 0.127 e. The molecule has 0 aromatic carbocycles. The molecule has 0 radical (unpaired) electrons. The van der Waals surface area contributed by atoms with Crippen LogP contribution in [0.1, 0.15) is 39.5 Å². The molecule has 1 heterocycles. The van der Waals surface area contributed by atoms with Gasteiger partial charge in [-0.3, -0.25) is 0 Å². The van der Waals surface area contributed by atoms with Crippen molar-refractivity contribution in [1.82, 2.24) is 4.98 Å². The zero-order valence-electron chi connectivity index (χ0n) is 10.9. The molecule has 1 aromatic heterocycles. The van der Waals surface area contributed by atoms with Gasteiger partial charge in [0.2, 0.25) is 0 Å². The summed E-state index contributed by atoms with van der Waals surface area (Å²) >= 11 is 0. The maximum atomic E-state index is 4.33. The highest BCUT2D eigenvalue weighted by molar-refractivity contribution is 5.54. The summed E-state index contributed by atoms with van der Waals surface area (Å²) in [5.74, 6) is 0.987. The van der Waals surface area contributed by atoms with Crippen molar-refractivity contribution in [2.75, 3.05) is 23.3 Å². The lowest BCUT2D eigenvalue weighted by Crippen LogP contribution is -2.32. The Labute approximate surface area is 104 Å². The predicted octanol–water partition coefficient (Wildman–Crippen LogP) is 3.28. The lowest BCUT2D eigenvalue weighted by Gasteiger charge is -2.30. The lowest BCUT2D eigenvalue weighted by molar-refractivity contribution is 0.620. The van der Waals surface area contributed by atoms with Crippen LogP contribution in [0.3, 0.4) is 0 Å². The van der Waals surface area contributed by atoms with Crippen molar-refractivity contribution in [2.45, 2.75) is 45.6 Å². The van der Waals surface area contributed by atoms with Crippen LogP contribution in [0.5, 0.6) is 0 Å². The third-order valence-electron chi connectivity index (χ3n) is 3.54. The molecule has 0 atom stereocenters. The van der Waals surface area contributed by atoms with Gasteiger partial charge in [-0.15, -0.1) is 0 Å². The van der Waals surface area contributed by atoms with Crippen LogP contribution < -0.4 is 10.2 Å². The molecule has 1 fully saturated rings. The quantitative estimate of drug-likeness (QED) is 0.846. The van der Waals surface area contributed by atoms with Crippen LogP contribution in [0.2, 0.25) is 0 Å². The number of aromatic nitrogens is 1. The minimum absolute atomic E-state index is 0.733. The first-order chi connectivity index (χ1) is 8.35. The third-order valence-corrected chi connectivity index (χ3v) is 3.54. The Bertz CT molecular complexity index is 345. The normalized spacial score (nSPS) is 16.1. The second-order valence-electron chi connectivity index (χ2n) is 4.65. The second-order valence-corrected chi connectivity index (χ2v) is 4.65. The van der Waals surface area contributed by atoms with Gasteiger partial charge in [-0.05, 0) is 32.8 Å². The molecule has 1 N–H and O–H groups in total. The monoisotopic (exact) mass is 233 g/mol. The van der Waals surface area contributed by atoms with Gasteiger partial charge < -0.3 is 10.2 Å². The van der Waals surface area contributed by atoms with Crippen LogP contribution in [-0.4, -0.2) is 24.1 Å². The summed E-state index contributed by atoms with van der Waals surface area (Å²) in [6.45, 7) is 6.35. The Balaban J connectivity index is 2.14. The molecule has 0 unspecified atom stereocenters. The lowest BCUT2D eigenvalue weighted by atomic mass is 10.2. The molecule has 17 heavy (non-hydrogen) atoms. The van der Waals surface area contributed by atoms with Crippen molar-refractivity contribution in [2.24, 2.45) is 0 Å². The molecule has 1 saturated carbocycles. The van der Waals surface area contributed by atoms with E-state index in [0.29, 0.717) is 0 Å². The molecule has 0 amide bonds. The maximum absolute atomic E-state index is 4.33. The Morgan fingerprint density at radius 2 is 2.12 bits per heavy atom. The highest BCUT2D eigenvalue weighted by atomic mass is 15.2. The molecule has 0 bridgehead atoms. The van der Waals surface area contributed by atoms with Gasteiger partial charge >= 0.3 is 0 Å². The van der Waals surface area contributed by atoms with Gasteiger partial charge in [0.25, 0.3) is 0 Å². The molecule has 1 aromatic rings. The molecule has 0 saturated heterocycles. The van der Waals surface area contributed by atoms with Crippen molar-refractivity contribution in [1.29, 1.82) is 0 Å².